The average molecular weight is 488 g/mol. The number of benzene rings is 2. The molecule has 4 aromatic rings. The number of aromatic nitrogens is 4. The largest absolute Gasteiger partial charge is 0.399 e. The maximum atomic E-state index is 13.3. The molecule has 0 atom stereocenters. The zero-order chi connectivity index (χ0) is 24.5. The van der Waals surface area contributed by atoms with Gasteiger partial charge in [-0.3, -0.25) is 4.90 Å². The summed E-state index contributed by atoms with van der Waals surface area (Å²) < 4.78 is 20.9. The molecular formula is C27H30FN7O. The first kappa shape index (κ1) is 22.9. The van der Waals surface area contributed by atoms with Gasteiger partial charge in [0.05, 0.1) is 30.8 Å². The van der Waals surface area contributed by atoms with E-state index in [2.05, 4.69) is 14.5 Å². The molecule has 0 unspecified atom stereocenters. The molecule has 2 aliphatic rings. The molecule has 2 aromatic carbocycles. The van der Waals surface area contributed by atoms with E-state index in [1.54, 1.807) is 0 Å². The Labute approximate surface area is 209 Å². The molecule has 186 valence electrons. The van der Waals surface area contributed by atoms with Crippen LogP contribution in [0, 0.1) is 5.82 Å². The molecule has 9 heteroatoms. The van der Waals surface area contributed by atoms with E-state index in [1.807, 2.05) is 42.6 Å². The summed E-state index contributed by atoms with van der Waals surface area (Å²) in [5.74, 6) is 1.40. The van der Waals surface area contributed by atoms with Crippen molar-refractivity contribution in [2.45, 2.75) is 25.4 Å². The number of hydrogen-bond acceptors (Lipinski definition) is 7. The number of anilines is 2. The Morgan fingerprint density at radius 1 is 0.917 bits per heavy atom. The zero-order valence-corrected chi connectivity index (χ0v) is 20.2. The van der Waals surface area contributed by atoms with Gasteiger partial charge in [0.2, 0.25) is 0 Å². The smallest absolute Gasteiger partial charge is 0.164 e. The molecule has 0 radical (unpaired) electrons. The van der Waals surface area contributed by atoms with Gasteiger partial charge in [0.1, 0.15) is 11.6 Å². The van der Waals surface area contributed by atoms with E-state index in [-0.39, 0.29) is 11.9 Å². The number of nitrogens with zero attached hydrogens (tertiary/aromatic N) is 6. The Morgan fingerprint density at radius 3 is 2.36 bits per heavy atom. The van der Waals surface area contributed by atoms with Crippen LogP contribution in [0.4, 0.5) is 15.9 Å². The summed E-state index contributed by atoms with van der Waals surface area (Å²) in [6.07, 6.45) is 3.87. The maximum Gasteiger partial charge on any atom is 0.164 e. The molecule has 2 aromatic heterocycles. The van der Waals surface area contributed by atoms with Crippen molar-refractivity contribution < 1.29 is 9.13 Å². The SMILES string of the molecule is Nc1ccc(-c2nc(N3CCOCC3)c3cnn(C4CCN(Cc5ccc(F)cc5)CC4)c3n2)cc1. The normalized spacial score (nSPS) is 17.6. The molecule has 4 heterocycles. The molecule has 0 aliphatic carbocycles. The molecule has 0 amide bonds. The Morgan fingerprint density at radius 2 is 1.64 bits per heavy atom. The van der Waals surface area contributed by atoms with Gasteiger partial charge in [-0.25, -0.2) is 19.0 Å². The Bertz CT molecular complexity index is 1330. The summed E-state index contributed by atoms with van der Waals surface area (Å²) >= 11 is 0. The van der Waals surface area contributed by atoms with Gasteiger partial charge in [-0.05, 0) is 54.8 Å². The van der Waals surface area contributed by atoms with Crippen LogP contribution >= 0.6 is 0 Å². The number of piperidine rings is 1. The quantitative estimate of drug-likeness (QED) is 0.428. The van der Waals surface area contributed by atoms with Crippen molar-refractivity contribution in [2.75, 3.05) is 50.0 Å². The average Bonchev–Trinajstić information content (AvgIpc) is 3.35. The van der Waals surface area contributed by atoms with E-state index in [9.17, 15) is 4.39 Å². The number of ether oxygens (including phenoxy) is 1. The lowest BCUT2D eigenvalue weighted by molar-refractivity contribution is 0.122. The standard InChI is InChI=1S/C27H30FN7O/c28-21-5-1-19(2-6-21)18-33-11-9-23(10-12-33)35-27-24(17-30-35)26(34-13-15-36-16-14-34)31-25(32-27)20-3-7-22(29)8-4-20/h1-8,17,23H,9-16,18,29H2. The predicted octanol–water partition coefficient (Wildman–Crippen LogP) is 3.89. The maximum absolute atomic E-state index is 13.3. The van der Waals surface area contributed by atoms with Crippen LogP contribution in [0.3, 0.4) is 0 Å². The second-order valence-electron chi connectivity index (χ2n) is 9.55. The van der Waals surface area contributed by atoms with Crippen LogP contribution in [0.1, 0.15) is 24.4 Å². The fraction of sp³-hybridized carbons (Fsp3) is 0.370. The highest BCUT2D eigenvalue weighted by molar-refractivity contribution is 5.89. The Balaban J connectivity index is 1.29. The van der Waals surface area contributed by atoms with Crippen LogP contribution in [0.2, 0.25) is 0 Å². The molecule has 2 N–H and O–H groups in total. The van der Waals surface area contributed by atoms with Gasteiger partial charge < -0.3 is 15.4 Å². The lowest BCUT2D eigenvalue weighted by Crippen LogP contribution is -2.37. The fourth-order valence-corrected chi connectivity index (χ4v) is 5.13. The van der Waals surface area contributed by atoms with Crippen molar-refractivity contribution in [1.29, 1.82) is 0 Å². The molecule has 2 saturated heterocycles. The highest BCUT2D eigenvalue weighted by atomic mass is 19.1. The van der Waals surface area contributed by atoms with Gasteiger partial charge in [-0.15, -0.1) is 0 Å². The van der Waals surface area contributed by atoms with Crippen LogP contribution in [-0.2, 0) is 11.3 Å². The second kappa shape index (κ2) is 9.83. The molecule has 0 bridgehead atoms. The van der Waals surface area contributed by atoms with Gasteiger partial charge in [0.25, 0.3) is 0 Å². The minimum atomic E-state index is -0.195. The number of fused-ring (bicyclic) bond motifs is 1. The van der Waals surface area contributed by atoms with Gasteiger partial charge in [0, 0.05) is 44.0 Å². The summed E-state index contributed by atoms with van der Waals surface area (Å²) in [4.78, 5) is 14.7. The lowest BCUT2D eigenvalue weighted by Gasteiger charge is -2.32. The molecular weight excluding hydrogens is 457 g/mol. The molecule has 0 saturated carbocycles. The van der Waals surface area contributed by atoms with Gasteiger partial charge in [-0.1, -0.05) is 12.1 Å². The molecule has 2 fully saturated rings. The number of nitrogens with two attached hydrogens (primary N) is 1. The zero-order valence-electron chi connectivity index (χ0n) is 20.2. The predicted molar refractivity (Wildman–Crippen MR) is 138 cm³/mol. The van der Waals surface area contributed by atoms with Crippen molar-refractivity contribution in [3.05, 3.63) is 66.1 Å². The van der Waals surface area contributed by atoms with Crippen LogP contribution in [0.25, 0.3) is 22.4 Å². The molecule has 36 heavy (non-hydrogen) atoms. The third-order valence-electron chi connectivity index (χ3n) is 7.14. The molecule has 0 spiro atoms. The number of morpholine rings is 1. The summed E-state index contributed by atoms with van der Waals surface area (Å²) in [6.45, 7) is 5.69. The first-order chi connectivity index (χ1) is 17.6. The second-order valence-corrected chi connectivity index (χ2v) is 9.55. The summed E-state index contributed by atoms with van der Waals surface area (Å²) in [7, 11) is 0. The monoisotopic (exact) mass is 487 g/mol. The van der Waals surface area contributed by atoms with E-state index < -0.39 is 0 Å². The first-order valence-electron chi connectivity index (χ1n) is 12.5. The highest BCUT2D eigenvalue weighted by Gasteiger charge is 2.26. The topological polar surface area (TPSA) is 85.3 Å². The number of rotatable bonds is 5. The summed E-state index contributed by atoms with van der Waals surface area (Å²) in [6, 6.07) is 14.7. The lowest BCUT2D eigenvalue weighted by atomic mass is 10.0. The van der Waals surface area contributed by atoms with Gasteiger partial charge in [-0.2, -0.15) is 5.10 Å². The van der Waals surface area contributed by atoms with E-state index in [0.717, 1.165) is 73.5 Å². The third kappa shape index (κ3) is 4.64. The van der Waals surface area contributed by atoms with Crippen molar-refractivity contribution >= 4 is 22.5 Å². The van der Waals surface area contributed by atoms with Crippen LogP contribution in [0.15, 0.2) is 54.7 Å². The summed E-state index contributed by atoms with van der Waals surface area (Å²) in [5.41, 5.74) is 9.57. The summed E-state index contributed by atoms with van der Waals surface area (Å²) in [5, 5.41) is 5.79. The number of halogens is 1. The van der Waals surface area contributed by atoms with E-state index in [0.29, 0.717) is 24.7 Å². The van der Waals surface area contributed by atoms with E-state index in [1.165, 1.54) is 12.1 Å². The minimum Gasteiger partial charge on any atom is -0.399 e. The van der Waals surface area contributed by atoms with E-state index in [4.69, 9.17) is 25.5 Å². The number of hydrogen-bond donors (Lipinski definition) is 1. The molecule has 6 rings (SSSR count). The number of nitrogen functional groups attached to an aromatic ring is 1. The van der Waals surface area contributed by atoms with Crippen molar-refractivity contribution in [2.24, 2.45) is 0 Å². The highest BCUT2D eigenvalue weighted by Crippen LogP contribution is 2.32. The first-order valence-corrected chi connectivity index (χ1v) is 12.5. The minimum absolute atomic E-state index is 0.195. The van der Waals surface area contributed by atoms with Crippen LogP contribution < -0.4 is 10.6 Å². The van der Waals surface area contributed by atoms with Gasteiger partial charge in [0.15, 0.2) is 11.5 Å². The fourth-order valence-electron chi connectivity index (χ4n) is 5.13. The Hall–Kier alpha value is -3.56. The van der Waals surface area contributed by atoms with Gasteiger partial charge >= 0.3 is 0 Å². The van der Waals surface area contributed by atoms with Crippen LogP contribution in [0.5, 0.6) is 0 Å². The number of likely N-dealkylation sites (tertiary alicyclic amines) is 1. The van der Waals surface area contributed by atoms with E-state index >= 15 is 0 Å². The van der Waals surface area contributed by atoms with Crippen molar-refractivity contribution in [3.8, 4) is 11.4 Å². The Kier molecular flexibility index (Phi) is 6.25. The molecule has 8 nitrogen and oxygen atoms in total. The van der Waals surface area contributed by atoms with Crippen molar-refractivity contribution in [1.82, 2.24) is 24.6 Å². The van der Waals surface area contributed by atoms with Crippen molar-refractivity contribution in [3.63, 3.8) is 0 Å². The van der Waals surface area contributed by atoms with Crippen LogP contribution in [-0.4, -0.2) is 64.0 Å². The third-order valence-corrected chi connectivity index (χ3v) is 7.14. The molecule has 2 aliphatic heterocycles.